The highest BCUT2D eigenvalue weighted by Crippen LogP contribution is 2.14. The second-order valence-electron chi connectivity index (χ2n) is 3.64. The summed E-state index contributed by atoms with van der Waals surface area (Å²) in [6.45, 7) is 0.594. The maximum Gasteiger partial charge on any atom is 0.292 e. The Labute approximate surface area is 114 Å². The number of aromatic nitrogens is 5. The molecule has 0 aliphatic rings. The molecule has 0 saturated heterocycles. The van der Waals surface area contributed by atoms with Crippen LogP contribution in [0, 0.1) is 12.3 Å². The van der Waals surface area contributed by atoms with E-state index in [1.807, 2.05) is 0 Å². The fourth-order valence-electron chi connectivity index (χ4n) is 1.48. The molecule has 0 spiro atoms. The molecule has 7 nitrogen and oxygen atoms in total. The number of rotatable bonds is 5. The standard InChI is InChI=1S/C11H11ClN6O/c1-2-5-18-11(19)10(8(12)6-16-18)13-4-3-9-14-7-15-17-9/h1,6-7,13H,3-5H2,(H,14,15,17). The Morgan fingerprint density at radius 3 is 3.11 bits per heavy atom. The molecule has 98 valence electrons. The van der Waals surface area contributed by atoms with Crippen molar-refractivity contribution >= 4 is 17.3 Å². The van der Waals surface area contributed by atoms with Crippen LogP contribution in [0.5, 0.6) is 0 Å². The summed E-state index contributed by atoms with van der Waals surface area (Å²) in [5.74, 6) is 3.08. The fraction of sp³-hybridized carbons (Fsp3) is 0.273. The van der Waals surface area contributed by atoms with Gasteiger partial charge in [0, 0.05) is 13.0 Å². The van der Waals surface area contributed by atoms with Gasteiger partial charge in [-0.2, -0.15) is 10.2 Å². The Morgan fingerprint density at radius 1 is 1.58 bits per heavy atom. The van der Waals surface area contributed by atoms with Crippen LogP contribution < -0.4 is 10.9 Å². The number of hydrogen-bond acceptors (Lipinski definition) is 5. The van der Waals surface area contributed by atoms with Crippen LogP contribution in [0.15, 0.2) is 17.3 Å². The molecule has 0 saturated carbocycles. The zero-order chi connectivity index (χ0) is 13.7. The van der Waals surface area contributed by atoms with Crippen LogP contribution in [-0.2, 0) is 13.0 Å². The van der Waals surface area contributed by atoms with Gasteiger partial charge < -0.3 is 5.32 Å². The fourth-order valence-corrected chi connectivity index (χ4v) is 1.68. The minimum Gasteiger partial charge on any atom is -0.379 e. The Morgan fingerprint density at radius 2 is 2.42 bits per heavy atom. The van der Waals surface area contributed by atoms with E-state index >= 15 is 0 Å². The smallest absolute Gasteiger partial charge is 0.292 e. The highest BCUT2D eigenvalue weighted by molar-refractivity contribution is 6.32. The first-order valence-electron chi connectivity index (χ1n) is 5.49. The number of hydrogen-bond donors (Lipinski definition) is 2. The molecule has 0 fully saturated rings. The lowest BCUT2D eigenvalue weighted by Gasteiger charge is -2.08. The molecule has 0 aliphatic carbocycles. The van der Waals surface area contributed by atoms with Crippen molar-refractivity contribution in [1.82, 2.24) is 25.0 Å². The van der Waals surface area contributed by atoms with E-state index < -0.39 is 0 Å². The Kier molecular flexibility index (Phi) is 4.15. The molecule has 2 rings (SSSR count). The van der Waals surface area contributed by atoms with Crippen LogP contribution in [0.1, 0.15) is 5.82 Å². The zero-order valence-electron chi connectivity index (χ0n) is 9.93. The summed E-state index contributed by atoms with van der Waals surface area (Å²) in [6.07, 6.45) is 8.56. The molecule has 8 heteroatoms. The van der Waals surface area contributed by atoms with Crippen molar-refractivity contribution in [3.63, 3.8) is 0 Å². The van der Waals surface area contributed by atoms with Crippen LogP contribution in [0.25, 0.3) is 0 Å². The minimum atomic E-state index is -0.344. The van der Waals surface area contributed by atoms with Gasteiger partial charge in [-0.25, -0.2) is 9.67 Å². The van der Waals surface area contributed by atoms with Crippen molar-refractivity contribution in [1.29, 1.82) is 0 Å². The van der Waals surface area contributed by atoms with Crippen molar-refractivity contribution in [2.45, 2.75) is 13.0 Å². The Bertz CT molecular complexity index is 642. The van der Waals surface area contributed by atoms with Crippen molar-refractivity contribution in [2.75, 3.05) is 11.9 Å². The topological polar surface area (TPSA) is 88.5 Å². The van der Waals surface area contributed by atoms with Gasteiger partial charge in [-0.1, -0.05) is 17.5 Å². The van der Waals surface area contributed by atoms with E-state index in [1.165, 1.54) is 17.2 Å². The van der Waals surface area contributed by atoms with E-state index in [0.29, 0.717) is 13.0 Å². The summed E-state index contributed by atoms with van der Waals surface area (Å²) in [5.41, 5.74) is -0.0607. The molecule has 2 heterocycles. The van der Waals surface area contributed by atoms with Gasteiger partial charge in [-0.3, -0.25) is 9.89 Å². The van der Waals surface area contributed by atoms with Crippen LogP contribution in [-0.4, -0.2) is 31.5 Å². The summed E-state index contributed by atoms with van der Waals surface area (Å²) in [7, 11) is 0. The minimum absolute atomic E-state index is 0.104. The zero-order valence-corrected chi connectivity index (χ0v) is 10.7. The van der Waals surface area contributed by atoms with Gasteiger partial charge in [0.05, 0.1) is 11.2 Å². The average molecular weight is 279 g/mol. The number of aromatic amines is 1. The number of H-pyrrole nitrogens is 1. The van der Waals surface area contributed by atoms with E-state index in [-0.39, 0.29) is 22.8 Å². The highest BCUT2D eigenvalue weighted by Gasteiger charge is 2.09. The maximum atomic E-state index is 12.0. The van der Waals surface area contributed by atoms with Gasteiger partial charge >= 0.3 is 0 Å². The van der Waals surface area contributed by atoms with Crippen LogP contribution >= 0.6 is 11.6 Å². The quantitative estimate of drug-likeness (QED) is 0.768. The number of terminal acetylenes is 1. The molecule has 0 radical (unpaired) electrons. The Hall–Kier alpha value is -2.33. The molecule has 0 aromatic carbocycles. The molecule has 0 aliphatic heterocycles. The number of nitrogens with one attached hydrogen (secondary N) is 2. The molecule has 0 atom stereocenters. The van der Waals surface area contributed by atoms with Crippen molar-refractivity contribution < 1.29 is 0 Å². The molecule has 2 N–H and O–H groups in total. The van der Waals surface area contributed by atoms with Gasteiger partial charge in [-0.15, -0.1) is 6.42 Å². The molecular weight excluding hydrogens is 268 g/mol. The third-order valence-corrected chi connectivity index (χ3v) is 2.65. The van der Waals surface area contributed by atoms with Crippen molar-refractivity contribution in [3.8, 4) is 12.3 Å². The van der Waals surface area contributed by atoms with E-state index in [9.17, 15) is 4.79 Å². The lowest BCUT2D eigenvalue weighted by atomic mass is 10.3. The van der Waals surface area contributed by atoms with Crippen molar-refractivity contribution in [2.24, 2.45) is 0 Å². The molecule has 2 aromatic heterocycles. The van der Waals surface area contributed by atoms with Gasteiger partial charge in [0.15, 0.2) is 0 Å². The molecular formula is C11H11ClN6O. The SMILES string of the molecule is C#CCn1ncc(Cl)c(NCCc2ncn[nH]2)c1=O. The first kappa shape index (κ1) is 13.1. The Balaban J connectivity index is 2.09. The molecule has 19 heavy (non-hydrogen) atoms. The number of nitrogens with zero attached hydrogens (tertiary/aromatic N) is 4. The average Bonchev–Trinajstić information content (AvgIpc) is 2.90. The third kappa shape index (κ3) is 3.11. The predicted octanol–water partition coefficient (Wildman–Crippen LogP) is 0.303. The number of halogens is 1. The largest absolute Gasteiger partial charge is 0.379 e. The van der Waals surface area contributed by atoms with E-state index in [0.717, 1.165) is 5.82 Å². The maximum absolute atomic E-state index is 12.0. The monoisotopic (exact) mass is 278 g/mol. The summed E-state index contributed by atoms with van der Waals surface area (Å²) < 4.78 is 1.17. The first-order chi connectivity index (χ1) is 9.22. The molecule has 0 bridgehead atoms. The van der Waals surface area contributed by atoms with Gasteiger partial charge in [0.25, 0.3) is 5.56 Å². The van der Waals surface area contributed by atoms with Crippen molar-refractivity contribution in [3.05, 3.63) is 33.7 Å². The first-order valence-corrected chi connectivity index (χ1v) is 5.87. The molecule has 2 aromatic rings. The van der Waals surface area contributed by atoms with E-state index in [1.54, 1.807) is 0 Å². The normalized spacial score (nSPS) is 10.1. The van der Waals surface area contributed by atoms with Crippen LogP contribution in [0.2, 0.25) is 5.02 Å². The summed E-state index contributed by atoms with van der Waals surface area (Å²) in [5, 5.41) is 13.5. The summed E-state index contributed by atoms with van der Waals surface area (Å²) in [6, 6.07) is 0. The second kappa shape index (κ2) is 6.02. The van der Waals surface area contributed by atoms with E-state index in [4.69, 9.17) is 18.0 Å². The third-order valence-electron chi connectivity index (χ3n) is 2.37. The predicted molar refractivity (Wildman–Crippen MR) is 70.9 cm³/mol. The lowest BCUT2D eigenvalue weighted by Crippen LogP contribution is -2.26. The van der Waals surface area contributed by atoms with E-state index in [2.05, 4.69) is 31.5 Å². The summed E-state index contributed by atoms with van der Waals surface area (Å²) >= 11 is 5.94. The second-order valence-corrected chi connectivity index (χ2v) is 4.05. The number of anilines is 1. The molecule has 0 amide bonds. The van der Waals surface area contributed by atoms with Crippen LogP contribution in [0.3, 0.4) is 0 Å². The van der Waals surface area contributed by atoms with Crippen LogP contribution in [0.4, 0.5) is 5.69 Å². The highest BCUT2D eigenvalue weighted by atomic mass is 35.5. The lowest BCUT2D eigenvalue weighted by molar-refractivity contribution is 0.664. The summed E-state index contributed by atoms with van der Waals surface area (Å²) in [4.78, 5) is 16.0. The van der Waals surface area contributed by atoms with Gasteiger partial charge in [0.1, 0.15) is 24.4 Å². The van der Waals surface area contributed by atoms with Gasteiger partial charge in [0.2, 0.25) is 0 Å². The molecule has 0 unspecified atom stereocenters. The van der Waals surface area contributed by atoms with Gasteiger partial charge in [-0.05, 0) is 0 Å².